The molecule has 10 nitrogen and oxygen atoms in total. The quantitative estimate of drug-likeness (QED) is 0.534. The van der Waals surface area contributed by atoms with E-state index in [0.717, 1.165) is 0 Å². The number of amides is 3. The van der Waals surface area contributed by atoms with E-state index in [4.69, 9.17) is 4.55 Å². The topological polar surface area (TPSA) is 128 Å². The van der Waals surface area contributed by atoms with Crippen LogP contribution in [0.2, 0.25) is 0 Å². The van der Waals surface area contributed by atoms with Crippen molar-refractivity contribution in [3.63, 3.8) is 0 Å². The zero-order valence-electron chi connectivity index (χ0n) is 12.7. The number of nitrogens with one attached hydrogen (secondary N) is 2. The van der Waals surface area contributed by atoms with E-state index in [0.29, 0.717) is 30.9 Å². The Hall–Kier alpha value is -1.50. The molecule has 0 aliphatic carbocycles. The fourth-order valence-corrected chi connectivity index (χ4v) is 3.75. The maximum atomic E-state index is 13.8. The second kappa shape index (κ2) is 6.43. The Morgan fingerprint density at radius 1 is 1.38 bits per heavy atom. The molecule has 0 aromatic rings. The minimum Gasteiger partial charge on any atom is -0.349 e. The van der Waals surface area contributed by atoms with Gasteiger partial charge in [0.25, 0.3) is 0 Å². The van der Waals surface area contributed by atoms with Gasteiger partial charge in [0, 0.05) is 13.1 Å². The van der Waals surface area contributed by atoms with E-state index < -0.39 is 46.6 Å². The van der Waals surface area contributed by atoms with Crippen LogP contribution in [0.5, 0.6) is 0 Å². The van der Waals surface area contributed by atoms with Crippen molar-refractivity contribution in [3.8, 4) is 0 Å². The molecule has 3 aliphatic heterocycles. The highest BCUT2D eigenvalue weighted by Crippen LogP contribution is 2.30. The van der Waals surface area contributed by atoms with Crippen molar-refractivity contribution in [3.05, 3.63) is 0 Å². The largest absolute Gasteiger partial charge is 0.418 e. The number of alkyl halides is 1. The highest BCUT2D eigenvalue weighted by atomic mass is 32.3. The SMILES string of the molecule is O=C(N[C@@H]1CCNC[C@H]1F)[C@@H]1CC[C@@H]2CN1C(=O)N2OS(=O)(=O)O. The highest BCUT2D eigenvalue weighted by Gasteiger charge is 2.49. The normalized spacial score (nSPS) is 33.7. The molecular weight excluding hydrogens is 347 g/mol. The molecule has 3 aliphatic rings. The number of piperidine rings is 2. The molecule has 3 fully saturated rings. The molecule has 3 rings (SSSR count). The molecular formula is C12H19FN4O6S. The molecule has 0 unspecified atom stereocenters. The predicted octanol–water partition coefficient (Wildman–Crippen LogP) is -1.19. The lowest BCUT2D eigenvalue weighted by Gasteiger charge is -2.33. The Bertz CT molecular complexity index is 631. The van der Waals surface area contributed by atoms with Gasteiger partial charge in [-0.15, -0.1) is 4.28 Å². The molecule has 0 spiro atoms. The summed E-state index contributed by atoms with van der Waals surface area (Å²) < 4.78 is 48.5. The Labute approximate surface area is 138 Å². The van der Waals surface area contributed by atoms with Crippen LogP contribution in [0.25, 0.3) is 0 Å². The number of rotatable bonds is 4. The van der Waals surface area contributed by atoms with Gasteiger partial charge in [-0.25, -0.2) is 9.18 Å². The van der Waals surface area contributed by atoms with Gasteiger partial charge < -0.3 is 15.5 Å². The molecule has 4 atom stereocenters. The van der Waals surface area contributed by atoms with Crippen LogP contribution >= 0.6 is 0 Å². The number of nitrogens with zero attached hydrogens (tertiary/aromatic N) is 2. The van der Waals surface area contributed by atoms with Crippen LogP contribution in [0.3, 0.4) is 0 Å². The molecule has 3 heterocycles. The van der Waals surface area contributed by atoms with Gasteiger partial charge >= 0.3 is 16.4 Å². The molecule has 0 aromatic heterocycles. The number of hydroxylamine groups is 2. The van der Waals surface area contributed by atoms with Gasteiger partial charge in [0.15, 0.2) is 0 Å². The van der Waals surface area contributed by atoms with Crippen LogP contribution in [-0.2, 0) is 19.5 Å². The lowest BCUT2D eigenvalue weighted by Crippen LogP contribution is -2.56. The minimum absolute atomic E-state index is 0.109. The second-order valence-electron chi connectivity index (χ2n) is 6.13. The van der Waals surface area contributed by atoms with Crippen LogP contribution < -0.4 is 10.6 Å². The van der Waals surface area contributed by atoms with Gasteiger partial charge in [0.05, 0.1) is 12.1 Å². The van der Waals surface area contributed by atoms with Crippen LogP contribution in [-0.4, -0.2) is 78.8 Å². The Morgan fingerprint density at radius 3 is 2.79 bits per heavy atom. The average Bonchev–Trinajstić information content (AvgIpc) is 2.73. The first-order chi connectivity index (χ1) is 11.3. The summed E-state index contributed by atoms with van der Waals surface area (Å²) in [5.74, 6) is -0.468. The van der Waals surface area contributed by atoms with Crippen molar-refractivity contribution in [1.82, 2.24) is 20.6 Å². The van der Waals surface area contributed by atoms with Crippen molar-refractivity contribution in [2.45, 2.75) is 43.6 Å². The maximum Gasteiger partial charge on any atom is 0.418 e. The van der Waals surface area contributed by atoms with Crippen molar-refractivity contribution in [2.75, 3.05) is 19.6 Å². The van der Waals surface area contributed by atoms with E-state index >= 15 is 0 Å². The molecule has 12 heteroatoms. The van der Waals surface area contributed by atoms with Crippen LogP contribution in [0.4, 0.5) is 9.18 Å². The van der Waals surface area contributed by atoms with Crippen LogP contribution in [0, 0.1) is 0 Å². The van der Waals surface area contributed by atoms with Crippen molar-refractivity contribution < 1.29 is 31.2 Å². The summed E-state index contributed by atoms with van der Waals surface area (Å²) in [5.41, 5.74) is 0. The third-order valence-corrected chi connectivity index (χ3v) is 4.88. The molecule has 3 saturated heterocycles. The van der Waals surface area contributed by atoms with Gasteiger partial charge in [-0.1, -0.05) is 0 Å². The van der Waals surface area contributed by atoms with Crippen LogP contribution in [0.15, 0.2) is 0 Å². The van der Waals surface area contributed by atoms with Crippen molar-refractivity contribution in [1.29, 1.82) is 0 Å². The number of carbonyl (C=O) groups is 2. The maximum absolute atomic E-state index is 13.8. The van der Waals surface area contributed by atoms with E-state index in [1.165, 1.54) is 4.90 Å². The van der Waals surface area contributed by atoms with E-state index in [-0.39, 0.29) is 13.1 Å². The lowest BCUT2D eigenvalue weighted by atomic mass is 9.98. The number of halogens is 1. The Balaban J connectivity index is 1.66. The Kier molecular flexibility index (Phi) is 4.64. The zero-order chi connectivity index (χ0) is 17.5. The number of hydrogen-bond acceptors (Lipinski definition) is 6. The first kappa shape index (κ1) is 17.3. The predicted molar refractivity (Wildman–Crippen MR) is 77.7 cm³/mol. The van der Waals surface area contributed by atoms with E-state index in [1.54, 1.807) is 0 Å². The molecule has 0 aromatic carbocycles. The third-order valence-electron chi connectivity index (χ3n) is 4.54. The smallest absolute Gasteiger partial charge is 0.349 e. The first-order valence-electron chi connectivity index (χ1n) is 7.68. The molecule has 136 valence electrons. The molecule has 24 heavy (non-hydrogen) atoms. The monoisotopic (exact) mass is 366 g/mol. The molecule has 0 saturated carbocycles. The minimum atomic E-state index is -4.83. The van der Waals surface area contributed by atoms with Gasteiger partial charge in [-0.3, -0.25) is 9.35 Å². The second-order valence-corrected chi connectivity index (χ2v) is 7.14. The zero-order valence-corrected chi connectivity index (χ0v) is 13.5. The van der Waals surface area contributed by atoms with E-state index in [2.05, 4.69) is 14.9 Å². The summed E-state index contributed by atoms with van der Waals surface area (Å²) >= 11 is 0. The van der Waals surface area contributed by atoms with Gasteiger partial charge in [-0.05, 0) is 25.8 Å². The summed E-state index contributed by atoms with van der Waals surface area (Å²) in [6.45, 7) is 0.866. The van der Waals surface area contributed by atoms with E-state index in [1.807, 2.05) is 0 Å². The van der Waals surface area contributed by atoms with Gasteiger partial charge in [0.1, 0.15) is 12.2 Å². The molecule has 3 amide bonds. The summed E-state index contributed by atoms with van der Waals surface area (Å²) in [4.78, 5) is 25.8. The third kappa shape index (κ3) is 3.45. The number of urea groups is 1. The first-order valence-corrected chi connectivity index (χ1v) is 9.05. The highest BCUT2D eigenvalue weighted by molar-refractivity contribution is 7.80. The molecule has 2 bridgehead atoms. The summed E-state index contributed by atoms with van der Waals surface area (Å²) in [6.07, 6.45) is -0.113. The summed E-state index contributed by atoms with van der Waals surface area (Å²) in [6, 6.07) is -2.79. The van der Waals surface area contributed by atoms with Crippen molar-refractivity contribution >= 4 is 22.3 Å². The molecule has 3 N–H and O–H groups in total. The van der Waals surface area contributed by atoms with Gasteiger partial charge in [0.2, 0.25) is 5.91 Å². The summed E-state index contributed by atoms with van der Waals surface area (Å²) in [7, 11) is -4.83. The van der Waals surface area contributed by atoms with Crippen molar-refractivity contribution in [2.24, 2.45) is 0 Å². The van der Waals surface area contributed by atoms with Crippen LogP contribution in [0.1, 0.15) is 19.3 Å². The fourth-order valence-electron chi connectivity index (χ4n) is 3.37. The fraction of sp³-hybridized carbons (Fsp3) is 0.833. The number of carbonyl (C=O) groups excluding carboxylic acids is 2. The lowest BCUT2D eigenvalue weighted by molar-refractivity contribution is -0.127. The standard InChI is InChI=1S/C12H19FN4O6S/c13-8-5-14-4-3-9(8)15-11(18)10-2-1-7-6-16(10)12(19)17(7)23-24(20,21)22/h7-10,14H,1-6H2,(H,15,18)(H,20,21,22)/t7-,8-,9-,10+/m1/s1. The number of hydrogen-bond donors (Lipinski definition) is 3. The average molecular weight is 366 g/mol. The molecule has 0 radical (unpaired) electrons. The number of fused-ring (bicyclic) bond motifs is 2. The van der Waals surface area contributed by atoms with Gasteiger partial charge in [-0.2, -0.15) is 13.5 Å². The van der Waals surface area contributed by atoms with E-state index in [9.17, 15) is 22.4 Å². The Morgan fingerprint density at radius 2 is 2.12 bits per heavy atom. The summed E-state index contributed by atoms with van der Waals surface area (Å²) in [5, 5.41) is 6.09.